The molecule has 1 unspecified atom stereocenters. The molecule has 3 rings (SSSR count). The highest BCUT2D eigenvalue weighted by Gasteiger charge is 2.20. The van der Waals surface area contributed by atoms with Crippen molar-refractivity contribution < 1.29 is 5.11 Å². The minimum absolute atomic E-state index is 0.219. The van der Waals surface area contributed by atoms with Crippen molar-refractivity contribution >= 4 is 11.0 Å². The molecule has 150 valence electrons. The molecule has 0 radical (unpaired) electrons. The lowest BCUT2D eigenvalue weighted by Crippen LogP contribution is -2.07. The minimum atomic E-state index is -0.219. The summed E-state index contributed by atoms with van der Waals surface area (Å²) >= 11 is 0. The zero-order valence-electron chi connectivity index (χ0n) is 18.3. The fourth-order valence-corrected chi connectivity index (χ4v) is 4.36. The van der Waals surface area contributed by atoms with E-state index in [1.807, 2.05) is 13.8 Å². The summed E-state index contributed by atoms with van der Waals surface area (Å²) in [5.41, 5.74) is 9.62. The van der Waals surface area contributed by atoms with Crippen molar-refractivity contribution in [2.75, 3.05) is 0 Å². The molecule has 28 heavy (non-hydrogen) atoms. The molecular formula is C24H33N3O. The third kappa shape index (κ3) is 3.70. The average molecular weight is 380 g/mol. The highest BCUT2D eigenvalue weighted by molar-refractivity contribution is 5.86. The van der Waals surface area contributed by atoms with E-state index in [1.54, 1.807) is 0 Å². The topological polar surface area (TPSA) is 50.9 Å². The maximum absolute atomic E-state index is 9.90. The molecule has 4 nitrogen and oxygen atoms in total. The first-order valence-electron chi connectivity index (χ1n) is 10.4. The van der Waals surface area contributed by atoms with Crippen molar-refractivity contribution in [3.8, 4) is 5.69 Å². The van der Waals surface area contributed by atoms with Crippen LogP contribution in [-0.2, 0) is 6.42 Å². The van der Waals surface area contributed by atoms with Gasteiger partial charge < -0.3 is 5.11 Å². The van der Waals surface area contributed by atoms with Gasteiger partial charge in [-0.1, -0.05) is 24.6 Å². The van der Waals surface area contributed by atoms with Gasteiger partial charge in [-0.15, -0.1) is 0 Å². The van der Waals surface area contributed by atoms with Crippen molar-refractivity contribution in [1.29, 1.82) is 0 Å². The normalized spacial score (nSPS) is 12.7. The first kappa shape index (κ1) is 20.5. The zero-order chi connectivity index (χ0) is 20.6. The highest BCUT2D eigenvalue weighted by Crippen LogP contribution is 2.33. The van der Waals surface area contributed by atoms with Gasteiger partial charge in [-0.3, -0.25) is 4.57 Å². The second kappa shape index (κ2) is 8.04. The van der Waals surface area contributed by atoms with E-state index in [0.29, 0.717) is 0 Å². The van der Waals surface area contributed by atoms with Gasteiger partial charge in [0, 0.05) is 11.1 Å². The lowest BCUT2D eigenvalue weighted by Gasteiger charge is -2.16. The SMILES string of the molecule is CCC(O)CCCc1nc(C)nc2c1c(C)c(C)n2-c1c(C)cc(C)cc1C. The van der Waals surface area contributed by atoms with E-state index in [2.05, 4.69) is 51.3 Å². The zero-order valence-corrected chi connectivity index (χ0v) is 18.3. The molecular weight excluding hydrogens is 346 g/mol. The molecule has 0 saturated carbocycles. The van der Waals surface area contributed by atoms with Crippen LogP contribution in [0.5, 0.6) is 0 Å². The Morgan fingerprint density at radius 1 is 1.00 bits per heavy atom. The average Bonchev–Trinajstić information content (AvgIpc) is 2.85. The fourth-order valence-electron chi connectivity index (χ4n) is 4.36. The predicted molar refractivity (Wildman–Crippen MR) is 117 cm³/mol. The number of aromatic nitrogens is 3. The first-order chi connectivity index (χ1) is 13.2. The second-order valence-electron chi connectivity index (χ2n) is 8.16. The predicted octanol–water partition coefficient (Wildman–Crippen LogP) is 5.36. The number of hydrogen-bond acceptors (Lipinski definition) is 3. The van der Waals surface area contributed by atoms with Crippen molar-refractivity contribution in [2.45, 2.75) is 80.3 Å². The Morgan fingerprint density at radius 2 is 1.64 bits per heavy atom. The molecule has 0 spiro atoms. The summed E-state index contributed by atoms with van der Waals surface area (Å²) in [6.45, 7) is 14.9. The Kier molecular flexibility index (Phi) is 5.90. The molecule has 0 amide bonds. The van der Waals surface area contributed by atoms with Gasteiger partial charge in [0.1, 0.15) is 11.5 Å². The van der Waals surface area contributed by atoms with Crippen molar-refractivity contribution in [1.82, 2.24) is 14.5 Å². The summed E-state index contributed by atoms with van der Waals surface area (Å²) in [5, 5.41) is 11.1. The summed E-state index contributed by atoms with van der Waals surface area (Å²) in [5.74, 6) is 0.805. The standard InChI is InChI=1S/C24H33N3O/c1-8-20(28)10-9-11-21-22-17(5)18(6)27(24(22)26-19(7)25-21)23-15(3)12-14(2)13-16(23)4/h12-13,20,28H,8-11H2,1-7H3. The molecule has 1 aromatic carbocycles. The number of aliphatic hydroxyl groups is 1. The van der Waals surface area contributed by atoms with Gasteiger partial charge in [0.25, 0.3) is 0 Å². The third-order valence-electron chi connectivity index (χ3n) is 5.82. The molecule has 1 atom stereocenters. The Labute approximate surface area is 168 Å². The Hall–Kier alpha value is -2.20. The van der Waals surface area contributed by atoms with Crippen LogP contribution in [0.4, 0.5) is 0 Å². The minimum Gasteiger partial charge on any atom is -0.393 e. The van der Waals surface area contributed by atoms with Gasteiger partial charge in [-0.2, -0.15) is 0 Å². The maximum atomic E-state index is 9.90. The molecule has 1 N–H and O–H groups in total. The van der Waals surface area contributed by atoms with E-state index in [9.17, 15) is 5.11 Å². The van der Waals surface area contributed by atoms with Crippen LogP contribution in [0.3, 0.4) is 0 Å². The number of aryl methyl sites for hydroxylation is 6. The van der Waals surface area contributed by atoms with Crippen molar-refractivity contribution in [2.24, 2.45) is 0 Å². The lowest BCUT2D eigenvalue weighted by atomic mass is 10.0. The maximum Gasteiger partial charge on any atom is 0.148 e. The van der Waals surface area contributed by atoms with Gasteiger partial charge in [0.2, 0.25) is 0 Å². The van der Waals surface area contributed by atoms with Crippen molar-refractivity contribution in [3.63, 3.8) is 0 Å². The van der Waals surface area contributed by atoms with E-state index in [1.165, 1.54) is 39.0 Å². The summed E-state index contributed by atoms with van der Waals surface area (Å²) in [6, 6.07) is 4.48. The van der Waals surface area contributed by atoms with E-state index in [0.717, 1.165) is 42.8 Å². The number of hydrogen-bond donors (Lipinski definition) is 1. The molecule has 0 aliphatic heterocycles. The van der Waals surface area contributed by atoms with E-state index < -0.39 is 0 Å². The van der Waals surface area contributed by atoms with Crippen LogP contribution in [0.15, 0.2) is 12.1 Å². The highest BCUT2D eigenvalue weighted by atomic mass is 16.3. The molecule has 0 aliphatic rings. The number of rotatable bonds is 6. The number of fused-ring (bicyclic) bond motifs is 1. The van der Waals surface area contributed by atoms with Gasteiger partial charge in [-0.05, 0) is 83.9 Å². The van der Waals surface area contributed by atoms with Crippen molar-refractivity contribution in [3.05, 3.63) is 51.6 Å². The Morgan fingerprint density at radius 3 is 2.25 bits per heavy atom. The van der Waals surface area contributed by atoms with Crippen LogP contribution in [0.1, 0.15) is 65.7 Å². The molecule has 2 heterocycles. The number of aliphatic hydroxyl groups excluding tert-OH is 1. The van der Waals surface area contributed by atoms with E-state index >= 15 is 0 Å². The van der Waals surface area contributed by atoms with Crippen LogP contribution in [0.25, 0.3) is 16.7 Å². The third-order valence-corrected chi connectivity index (χ3v) is 5.82. The molecule has 2 aromatic heterocycles. The molecule has 0 aliphatic carbocycles. The van der Waals surface area contributed by atoms with Crippen LogP contribution in [0, 0.1) is 41.5 Å². The summed E-state index contributed by atoms with van der Waals surface area (Å²) in [6.07, 6.45) is 3.21. The molecule has 0 bridgehead atoms. The number of nitrogens with zero attached hydrogens (tertiary/aromatic N) is 3. The number of benzene rings is 1. The fraction of sp³-hybridized carbons (Fsp3) is 0.500. The Bertz CT molecular complexity index is 994. The van der Waals surface area contributed by atoms with Crippen LogP contribution in [0.2, 0.25) is 0 Å². The second-order valence-corrected chi connectivity index (χ2v) is 8.16. The molecule has 0 saturated heterocycles. The quantitative estimate of drug-likeness (QED) is 0.627. The smallest absolute Gasteiger partial charge is 0.148 e. The molecule has 0 fully saturated rings. The molecule has 3 aromatic rings. The Balaban J connectivity index is 2.18. The van der Waals surface area contributed by atoms with Crippen LogP contribution >= 0.6 is 0 Å². The van der Waals surface area contributed by atoms with Gasteiger partial charge in [0.15, 0.2) is 0 Å². The van der Waals surface area contributed by atoms with E-state index in [4.69, 9.17) is 9.97 Å². The largest absolute Gasteiger partial charge is 0.393 e. The van der Waals surface area contributed by atoms with Crippen LogP contribution < -0.4 is 0 Å². The van der Waals surface area contributed by atoms with Gasteiger partial charge in [0.05, 0.1) is 17.5 Å². The summed E-state index contributed by atoms with van der Waals surface area (Å²) in [7, 11) is 0. The lowest BCUT2D eigenvalue weighted by molar-refractivity contribution is 0.157. The molecule has 4 heteroatoms. The monoisotopic (exact) mass is 379 g/mol. The summed E-state index contributed by atoms with van der Waals surface area (Å²) in [4.78, 5) is 9.65. The van der Waals surface area contributed by atoms with Gasteiger partial charge >= 0.3 is 0 Å². The van der Waals surface area contributed by atoms with E-state index in [-0.39, 0.29) is 6.10 Å². The first-order valence-corrected chi connectivity index (χ1v) is 10.4. The summed E-state index contributed by atoms with van der Waals surface area (Å²) < 4.78 is 2.31. The van der Waals surface area contributed by atoms with Gasteiger partial charge in [-0.25, -0.2) is 9.97 Å². The van der Waals surface area contributed by atoms with Crippen LogP contribution in [-0.4, -0.2) is 25.7 Å².